The van der Waals surface area contributed by atoms with Gasteiger partial charge in [0.15, 0.2) is 10.8 Å². The number of methoxy groups -OCH3 is 2. The number of carbonyl (C=O) groups excluding carboxylic acids is 1. The first kappa shape index (κ1) is 94.2. The standard InChI is InChI=1S/C8H9NO2.C7H12N2.C7H9NO.C7H9NS.C7H11NS.C7H9N.C6H6ClF3N2.2C6H9ClN2.C6H6ClN.C6H6F3NS/c1-6-5-9-4-3-7(6)8(10)11-2;1-5-6(2)8-9(4)7(5)3;2*1-6-4-3-5-8-7(6)9-2;1-4-7-5(2)9-6(3)8-7;1-6-4-3-5-8-7(6)2;1-3-4(6(8,9)10)12(2)11-5(3)7;1-4-6(7)5(2)9(3)8-4;1-4-5(2)8-9(3)6(4)7;1-5-3-2-4-8-6(5)7;1-3-5(6(7,8)9)10-4(2)11-3/h3-5H,1-2H3;1-4H3;2*3-5H,1-2H3;4H2,1-3H3;3-5H,1-2H3;1-2H3;2*1-3H3;2-4H,1H3;1-2H3. The molecule has 0 fully saturated rings. The number of esters is 1. The number of alkyl halides is 6. The lowest BCUT2D eigenvalue weighted by Gasteiger charge is -2.06. The molecule has 104 heavy (non-hydrogen) atoms. The minimum atomic E-state index is -4.39. The van der Waals surface area contributed by atoms with Crippen LogP contribution in [0.2, 0.25) is 20.5 Å². The Labute approximate surface area is 640 Å². The van der Waals surface area contributed by atoms with E-state index in [0.717, 1.165) is 88.4 Å². The molecule has 568 valence electrons. The summed E-state index contributed by atoms with van der Waals surface area (Å²) in [6.45, 7) is 36.4. The normalized spacial score (nSPS) is 10.2. The van der Waals surface area contributed by atoms with Gasteiger partial charge in [-0.1, -0.05) is 77.6 Å². The van der Waals surface area contributed by atoms with E-state index < -0.39 is 23.7 Å². The van der Waals surface area contributed by atoms with Crippen LogP contribution in [0.25, 0.3) is 0 Å². The molecule has 0 bridgehead atoms. The third-order valence-corrected chi connectivity index (χ3v) is 19.1. The molecule has 11 rings (SSSR count). The molecule has 0 spiro atoms. The van der Waals surface area contributed by atoms with Gasteiger partial charge in [0.1, 0.15) is 16.0 Å². The van der Waals surface area contributed by atoms with Gasteiger partial charge in [-0.3, -0.25) is 28.7 Å². The smallest absolute Gasteiger partial charge is 0.434 e. The zero-order chi connectivity index (χ0) is 79.7. The van der Waals surface area contributed by atoms with Crippen LogP contribution in [-0.2, 0) is 51.7 Å². The highest BCUT2D eigenvalue weighted by atomic mass is 35.5. The van der Waals surface area contributed by atoms with Gasteiger partial charge in [-0.25, -0.2) is 29.7 Å². The van der Waals surface area contributed by atoms with Crippen molar-refractivity contribution in [3.05, 3.63) is 233 Å². The van der Waals surface area contributed by atoms with Gasteiger partial charge in [0.25, 0.3) is 0 Å². The molecule has 18 nitrogen and oxygen atoms in total. The lowest BCUT2D eigenvalue weighted by Crippen LogP contribution is -2.12. The Morgan fingerprint density at radius 3 is 1.26 bits per heavy atom. The number of hydrogen-bond donors (Lipinski definition) is 0. The van der Waals surface area contributed by atoms with E-state index in [1.54, 1.807) is 77.3 Å². The van der Waals surface area contributed by atoms with Crippen LogP contribution in [0.5, 0.6) is 5.88 Å². The lowest BCUT2D eigenvalue weighted by molar-refractivity contribution is -0.144. The molecule has 0 aliphatic carbocycles. The number of carbonyl (C=O) groups is 1. The van der Waals surface area contributed by atoms with E-state index >= 15 is 0 Å². The van der Waals surface area contributed by atoms with Gasteiger partial charge in [-0.15, -0.1) is 34.4 Å². The van der Waals surface area contributed by atoms with Gasteiger partial charge in [-0.2, -0.15) is 46.7 Å². The first-order chi connectivity index (χ1) is 48.4. The van der Waals surface area contributed by atoms with Crippen molar-refractivity contribution in [2.75, 3.05) is 20.5 Å². The highest BCUT2D eigenvalue weighted by molar-refractivity contribution is 7.98. The maximum atomic E-state index is 12.2. The highest BCUT2D eigenvalue weighted by Crippen LogP contribution is 2.35. The molecule has 0 N–H and O–H groups in total. The lowest BCUT2D eigenvalue weighted by atomic mass is 10.2. The van der Waals surface area contributed by atoms with Gasteiger partial charge in [0.05, 0.1) is 68.3 Å². The van der Waals surface area contributed by atoms with E-state index in [9.17, 15) is 31.1 Å². The fourth-order valence-electron chi connectivity index (χ4n) is 8.26. The van der Waals surface area contributed by atoms with Crippen molar-refractivity contribution in [3.63, 3.8) is 0 Å². The molecule has 31 heteroatoms. The number of ether oxygens (including phenoxy) is 2. The van der Waals surface area contributed by atoms with Gasteiger partial charge in [0.2, 0.25) is 5.88 Å². The van der Waals surface area contributed by atoms with Crippen LogP contribution in [0.1, 0.15) is 133 Å². The Hall–Kier alpha value is -7.79. The summed E-state index contributed by atoms with van der Waals surface area (Å²) in [4.78, 5) is 40.2. The van der Waals surface area contributed by atoms with Gasteiger partial charge >= 0.3 is 18.3 Å². The fourth-order valence-corrected chi connectivity index (χ4v) is 11.2. The van der Waals surface area contributed by atoms with E-state index in [4.69, 9.17) is 51.1 Å². The van der Waals surface area contributed by atoms with Crippen molar-refractivity contribution >= 4 is 86.8 Å². The average Bonchev–Trinajstić information content (AvgIpc) is 1.65. The molecule has 0 saturated carbocycles. The molecule has 0 saturated heterocycles. The molecule has 0 aromatic carbocycles. The molecular weight excluding hydrogens is 1490 g/mol. The quantitative estimate of drug-likeness (QED) is 0.0697. The van der Waals surface area contributed by atoms with E-state index in [2.05, 4.69) is 121 Å². The molecule has 0 aliphatic rings. The van der Waals surface area contributed by atoms with Crippen molar-refractivity contribution in [2.45, 2.75) is 155 Å². The number of hydrogen-bond acceptors (Lipinski definition) is 17. The number of nitrogens with zero attached hydrogens (tertiary/aromatic N) is 15. The van der Waals surface area contributed by atoms with Crippen molar-refractivity contribution in [1.29, 1.82) is 0 Å². The van der Waals surface area contributed by atoms with Crippen molar-refractivity contribution in [3.8, 4) is 5.88 Å². The summed E-state index contributed by atoms with van der Waals surface area (Å²) in [5.41, 5.74) is 14.5. The number of rotatable bonds is 4. The zero-order valence-electron chi connectivity index (χ0n) is 63.8. The molecule has 11 heterocycles. The van der Waals surface area contributed by atoms with Crippen molar-refractivity contribution < 1.29 is 40.6 Å². The molecule has 0 aliphatic heterocycles. The molecule has 0 amide bonds. The Kier molecular flexibility index (Phi) is 41.9. The topological polar surface area (TPSA) is 197 Å². The van der Waals surface area contributed by atoms with E-state index in [-0.39, 0.29) is 21.6 Å². The first-order valence-corrected chi connectivity index (χ1v) is 36.1. The molecular formula is C73H95Cl4F6N15O3S3. The third kappa shape index (κ3) is 32.3. The molecule has 11 aromatic heterocycles. The second-order valence-corrected chi connectivity index (χ2v) is 27.7. The van der Waals surface area contributed by atoms with Crippen LogP contribution in [0.3, 0.4) is 0 Å². The largest absolute Gasteiger partial charge is 0.481 e. The van der Waals surface area contributed by atoms with Crippen LogP contribution in [0.4, 0.5) is 26.3 Å². The molecule has 11 aromatic rings. The second-order valence-electron chi connectivity index (χ2n) is 22.6. The highest BCUT2D eigenvalue weighted by Gasteiger charge is 2.38. The maximum Gasteiger partial charge on any atom is 0.434 e. The summed E-state index contributed by atoms with van der Waals surface area (Å²) in [6.07, 6.45) is 4.63. The molecule has 0 atom stereocenters. The number of aromatic nitrogens is 15. The predicted octanol–water partition coefficient (Wildman–Crippen LogP) is 20.7. The number of halogens is 10. The Morgan fingerprint density at radius 2 is 1.01 bits per heavy atom. The van der Waals surface area contributed by atoms with Crippen molar-refractivity contribution in [2.24, 2.45) is 28.2 Å². The van der Waals surface area contributed by atoms with E-state index in [0.29, 0.717) is 21.6 Å². The maximum absolute atomic E-state index is 12.2. The van der Waals surface area contributed by atoms with Gasteiger partial charge < -0.3 is 9.47 Å². The summed E-state index contributed by atoms with van der Waals surface area (Å²) in [6, 6.07) is 17.3. The number of pyridine rings is 5. The molecule has 0 unspecified atom stereocenters. The summed E-state index contributed by atoms with van der Waals surface area (Å²) in [7, 11) is 9.88. The second kappa shape index (κ2) is 46.2. The zero-order valence-corrected chi connectivity index (χ0v) is 69.3. The summed E-state index contributed by atoms with van der Waals surface area (Å²) in [5.74, 6) is 0.391. The Bertz CT molecular complexity index is 4100. The van der Waals surface area contributed by atoms with Crippen LogP contribution in [0.15, 0.2) is 96.8 Å². The van der Waals surface area contributed by atoms with Crippen LogP contribution in [0, 0.1) is 125 Å². The number of thioether (sulfide) groups is 1. The van der Waals surface area contributed by atoms with Gasteiger partial charge in [-0.05, 0) is 195 Å². The van der Waals surface area contributed by atoms with Crippen LogP contribution >= 0.6 is 80.8 Å². The summed E-state index contributed by atoms with van der Waals surface area (Å²) >= 11 is 27.2. The van der Waals surface area contributed by atoms with Crippen LogP contribution < -0.4 is 4.74 Å². The predicted molar refractivity (Wildman–Crippen MR) is 413 cm³/mol. The fraction of sp³-hybridized carbons (Fsp3) is 0.397. The minimum absolute atomic E-state index is 0.0355. The Morgan fingerprint density at radius 1 is 0.510 bits per heavy atom. The minimum Gasteiger partial charge on any atom is -0.481 e. The summed E-state index contributed by atoms with van der Waals surface area (Å²) < 4.78 is 88.2. The number of thiazole rings is 2. The van der Waals surface area contributed by atoms with Crippen molar-refractivity contribution in [1.82, 2.24) is 74.0 Å². The average molecular weight is 1580 g/mol. The van der Waals surface area contributed by atoms with Crippen LogP contribution in [-0.4, -0.2) is 100 Å². The summed E-state index contributed by atoms with van der Waals surface area (Å²) in [5, 5.41) is 20.6. The van der Waals surface area contributed by atoms with Gasteiger partial charge in [0, 0.05) is 103 Å². The monoisotopic (exact) mass is 1580 g/mol. The third-order valence-electron chi connectivity index (χ3n) is 14.7. The number of aryl methyl sites for hydroxylation is 18. The Balaban J connectivity index is 0.000000573. The molecule has 0 radical (unpaired) electrons. The first-order valence-electron chi connectivity index (χ1n) is 31.8. The van der Waals surface area contributed by atoms with E-state index in [1.807, 2.05) is 143 Å². The SMILES string of the molecule is CCc1nc(C)sc1C.COC(=O)c1ccncc1C.COc1ncccc1C.CSc1ncccc1C.Cc1c(Cl)nn(C)c1C(F)(F)F.Cc1cccnc1C.Cc1cccnc1Cl.Cc1nc(C(F)(F)F)c(C)s1.Cc1nn(C)c(C)c1C.Cc1nn(C)c(C)c1Cl.Cc1nn(C)c(Cl)c1C. The van der Waals surface area contributed by atoms with E-state index in [1.165, 1.54) is 66.0 Å².